The van der Waals surface area contributed by atoms with Gasteiger partial charge in [-0.2, -0.15) is 0 Å². The largest absolute Gasteiger partial charge is 0.507 e. The molecule has 0 aliphatic carbocycles. The van der Waals surface area contributed by atoms with Crippen molar-refractivity contribution < 1.29 is 9.90 Å². The summed E-state index contributed by atoms with van der Waals surface area (Å²) in [6, 6.07) is 13.5. The summed E-state index contributed by atoms with van der Waals surface area (Å²) in [6.45, 7) is 7.81. The normalized spacial score (nSPS) is 15.6. The average molecular weight is 367 g/mol. The summed E-state index contributed by atoms with van der Waals surface area (Å²) >= 11 is 0. The minimum Gasteiger partial charge on any atom is -0.507 e. The highest BCUT2D eigenvalue weighted by atomic mass is 16.3. The number of amides is 1. The number of hydrogen-bond acceptors (Lipinski definition) is 4. The van der Waals surface area contributed by atoms with Crippen LogP contribution < -0.4 is 5.32 Å². The van der Waals surface area contributed by atoms with E-state index in [1.165, 1.54) is 5.56 Å². The van der Waals surface area contributed by atoms with Gasteiger partial charge in [0.25, 0.3) is 5.91 Å². The van der Waals surface area contributed by atoms with E-state index < -0.39 is 0 Å². The van der Waals surface area contributed by atoms with Crippen LogP contribution in [0.3, 0.4) is 0 Å². The van der Waals surface area contributed by atoms with Crippen molar-refractivity contribution in [2.45, 2.75) is 26.4 Å². The highest BCUT2D eigenvalue weighted by molar-refractivity contribution is 5.96. The zero-order valence-corrected chi connectivity index (χ0v) is 16.2. The number of piperazine rings is 1. The van der Waals surface area contributed by atoms with Gasteiger partial charge in [-0.1, -0.05) is 37.3 Å². The molecule has 1 saturated heterocycles. The topological polar surface area (TPSA) is 55.8 Å². The first kappa shape index (κ1) is 19.4. The fraction of sp³-hybridized carbons (Fsp3) is 0.409. The first-order valence-corrected chi connectivity index (χ1v) is 9.64. The van der Waals surface area contributed by atoms with Gasteiger partial charge in [-0.25, -0.2) is 0 Å². The van der Waals surface area contributed by atoms with Crippen LogP contribution in [-0.4, -0.2) is 54.0 Å². The summed E-state index contributed by atoms with van der Waals surface area (Å²) in [4.78, 5) is 17.3. The van der Waals surface area contributed by atoms with E-state index in [0.717, 1.165) is 50.3 Å². The number of rotatable bonds is 6. The molecule has 144 valence electrons. The Morgan fingerprint density at radius 3 is 2.52 bits per heavy atom. The van der Waals surface area contributed by atoms with Crippen LogP contribution >= 0.6 is 0 Å². The van der Waals surface area contributed by atoms with Crippen molar-refractivity contribution in [3.8, 4) is 5.75 Å². The van der Waals surface area contributed by atoms with E-state index in [2.05, 4.69) is 34.3 Å². The molecule has 2 N–H and O–H groups in total. The summed E-state index contributed by atoms with van der Waals surface area (Å²) in [5, 5.41) is 12.9. The lowest BCUT2D eigenvalue weighted by Gasteiger charge is -2.32. The minimum absolute atomic E-state index is 0.0218. The molecule has 2 aromatic carbocycles. The van der Waals surface area contributed by atoms with Gasteiger partial charge in [0, 0.05) is 39.3 Å². The molecule has 0 spiro atoms. The lowest BCUT2D eigenvalue weighted by atomic mass is 10.1. The molecule has 5 heteroatoms. The average Bonchev–Trinajstić information content (AvgIpc) is 2.68. The number of likely N-dealkylation sites (N-methyl/N-ethyl adjacent to an activating group) is 1. The Kier molecular flexibility index (Phi) is 6.48. The highest BCUT2D eigenvalue weighted by Gasteiger charge is 2.14. The van der Waals surface area contributed by atoms with Gasteiger partial charge in [0.2, 0.25) is 0 Å². The molecule has 0 aromatic heterocycles. The second-order valence-electron chi connectivity index (χ2n) is 7.29. The lowest BCUT2D eigenvalue weighted by Crippen LogP contribution is -2.43. The maximum Gasteiger partial charge on any atom is 0.255 e. The number of nitrogens with one attached hydrogen (secondary N) is 1. The fourth-order valence-electron chi connectivity index (χ4n) is 3.36. The molecule has 3 rings (SSSR count). The summed E-state index contributed by atoms with van der Waals surface area (Å²) in [6.07, 6.45) is 0.828. The van der Waals surface area contributed by atoms with E-state index in [4.69, 9.17) is 0 Å². The number of nitrogens with zero attached hydrogens (tertiary/aromatic N) is 2. The predicted molar refractivity (Wildman–Crippen MR) is 108 cm³/mol. The van der Waals surface area contributed by atoms with Crippen molar-refractivity contribution in [1.82, 2.24) is 15.1 Å². The second kappa shape index (κ2) is 9.02. The number of carbonyl (C=O) groups excluding carboxylic acids is 1. The van der Waals surface area contributed by atoms with Crippen LogP contribution in [0.2, 0.25) is 0 Å². The highest BCUT2D eigenvalue weighted by Crippen LogP contribution is 2.19. The van der Waals surface area contributed by atoms with Gasteiger partial charge >= 0.3 is 0 Å². The van der Waals surface area contributed by atoms with Crippen molar-refractivity contribution in [3.63, 3.8) is 0 Å². The summed E-state index contributed by atoms with van der Waals surface area (Å²) in [5.41, 5.74) is 3.71. The monoisotopic (exact) mass is 367 g/mol. The molecule has 0 bridgehead atoms. The molecule has 5 nitrogen and oxygen atoms in total. The Morgan fingerprint density at radius 2 is 1.78 bits per heavy atom. The van der Waals surface area contributed by atoms with Crippen LogP contribution in [0.1, 0.15) is 34.0 Å². The summed E-state index contributed by atoms with van der Waals surface area (Å²) in [7, 11) is 2.16. The third-order valence-electron chi connectivity index (χ3n) is 5.16. The Morgan fingerprint density at radius 1 is 1.04 bits per heavy atom. The van der Waals surface area contributed by atoms with Crippen molar-refractivity contribution in [1.29, 1.82) is 0 Å². The Bertz CT molecular complexity index is 783. The Hall–Kier alpha value is -2.37. The van der Waals surface area contributed by atoms with Gasteiger partial charge in [0.1, 0.15) is 5.75 Å². The Labute approximate surface area is 161 Å². The summed E-state index contributed by atoms with van der Waals surface area (Å²) < 4.78 is 0. The molecule has 1 amide bonds. The molecule has 1 fully saturated rings. The van der Waals surface area contributed by atoms with E-state index in [1.54, 1.807) is 12.1 Å². The van der Waals surface area contributed by atoms with Crippen LogP contribution in [0.5, 0.6) is 5.75 Å². The lowest BCUT2D eigenvalue weighted by molar-refractivity contribution is 0.0948. The zero-order chi connectivity index (χ0) is 19.2. The van der Waals surface area contributed by atoms with Gasteiger partial charge < -0.3 is 15.3 Å². The van der Waals surface area contributed by atoms with E-state index >= 15 is 0 Å². The minimum atomic E-state index is -0.243. The standard InChI is InChI=1S/C22H29N3O2/c1-3-17-7-8-21(26)20(14-17)22(27)23-15-18-5-4-6-19(13-18)16-25-11-9-24(2)10-12-25/h4-8,13-14,26H,3,9-12,15-16H2,1-2H3,(H,23,27). The third-order valence-corrected chi connectivity index (χ3v) is 5.16. The number of phenolic OH excluding ortho intramolecular Hbond substituents is 1. The van der Waals surface area contributed by atoms with Crippen LogP contribution in [0.4, 0.5) is 0 Å². The number of hydrogen-bond donors (Lipinski definition) is 2. The van der Waals surface area contributed by atoms with E-state index in [1.807, 2.05) is 25.1 Å². The first-order valence-electron chi connectivity index (χ1n) is 9.64. The molecule has 0 radical (unpaired) electrons. The van der Waals surface area contributed by atoms with Crippen LogP contribution in [-0.2, 0) is 19.5 Å². The van der Waals surface area contributed by atoms with Crippen LogP contribution in [0.15, 0.2) is 42.5 Å². The first-order chi connectivity index (χ1) is 13.0. The van der Waals surface area contributed by atoms with Gasteiger partial charge in [0.15, 0.2) is 0 Å². The molecule has 27 heavy (non-hydrogen) atoms. The number of aromatic hydroxyl groups is 1. The Balaban J connectivity index is 1.59. The van der Waals surface area contributed by atoms with E-state index in [0.29, 0.717) is 12.1 Å². The van der Waals surface area contributed by atoms with Crippen molar-refractivity contribution in [2.24, 2.45) is 0 Å². The fourth-order valence-corrected chi connectivity index (χ4v) is 3.36. The number of phenols is 1. The number of benzene rings is 2. The zero-order valence-electron chi connectivity index (χ0n) is 16.2. The van der Waals surface area contributed by atoms with Crippen molar-refractivity contribution in [3.05, 3.63) is 64.7 Å². The van der Waals surface area contributed by atoms with Crippen LogP contribution in [0, 0.1) is 0 Å². The molecule has 1 aliphatic heterocycles. The number of carbonyl (C=O) groups is 1. The second-order valence-corrected chi connectivity index (χ2v) is 7.29. The molecular weight excluding hydrogens is 338 g/mol. The molecule has 0 unspecified atom stereocenters. The van der Waals surface area contributed by atoms with Crippen LogP contribution in [0.25, 0.3) is 0 Å². The maximum absolute atomic E-state index is 12.5. The molecule has 1 heterocycles. The third kappa shape index (κ3) is 5.31. The smallest absolute Gasteiger partial charge is 0.255 e. The quantitative estimate of drug-likeness (QED) is 0.824. The van der Waals surface area contributed by atoms with Crippen molar-refractivity contribution in [2.75, 3.05) is 33.2 Å². The molecule has 0 saturated carbocycles. The molecule has 0 atom stereocenters. The SMILES string of the molecule is CCc1ccc(O)c(C(=O)NCc2cccc(CN3CCN(C)CC3)c2)c1. The predicted octanol–water partition coefficient (Wildman–Crippen LogP) is 2.63. The van der Waals surface area contributed by atoms with Gasteiger partial charge in [-0.3, -0.25) is 9.69 Å². The molecule has 1 aliphatic rings. The van der Waals surface area contributed by atoms with Crippen molar-refractivity contribution >= 4 is 5.91 Å². The number of aryl methyl sites for hydroxylation is 1. The molecule has 2 aromatic rings. The van der Waals surface area contributed by atoms with Gasteiger partial charge in [0.05, 0.1) is 5.56 Å². The van der Waals surface area contributed by atoms with Gasteiger partial charge in [-0.05, 0) is 42.3 Å². The maximum atomic E-state index is 12.5. The van der Waals surface area contributed by atoms with E-state index in [9.17, 15) is 9.90 Å². The summed E-state index contributed by atoms with van der Waals surface area (Å²) in [5.74, 6) is -0.221. The van der Waals surface area contributed by atoms with Gasteiger partial charge in [-0.15, -0.1) is 0 Å². The molecular formula is C22H29N3O2. The van der Waals surface area contributed by atoms with E-state index in [-0.39, 0.29) is 11.7 Å².